The number of amides is 1. The van der Waals surface area contributed by atoms with Gasteiger partial charge >= 0.3 is 1.43 Å². The predicted molar refractivity (Wildman–Crippen MR) is 73.9 cm³/mol. The zero-order valence-electron chi connectivity index (χ0n) is 12.1. The fraction of sp³-hybridized carbons (Fsp3) is 0.615. The molecule has 0 radical (unpaired) electrons. The predicted octanol–water partition coefficient (Wildman–Crippen LogP) is -1.24. The third kappa shape index (κ3) is 4.76. The highest BCUT2D eigenvalue weighted by Crippen LogP contribution is 2.25. The van der Waals surface area contributed by atoms with Crippen LogP contribution in [0.4, 0.5) is 0 Å². The van der Waals surface area contributed by atoms with Gasteiger partial charge in [0.15, 0.2) is 0 Å². The van der Waals surface area contributed by atoms with Crippen LogP contribution >= 0.6 is 11.3 Å². The van der Waals surface area contributed by atoms with E-state index in [1.54, 1.807) is 11.3 Å². The molecule has 0 bridgehead atoms. The minimum Gasteiger partial charge on any atom is -1.00 e. The van der Waals surface area contributed by atoms with Crippen LogP contribution in [0.15, 0.2) is 17.5 Å². The summed E-state index contributed by atoms with van der Waals surface area (Å²) in [4.78, 5) is 15.1. The number of carbonyl (C=O) groups excluding carboxylic acids is 1. The van der Waals surface area contributed by atoms with Crippen molar-refractivity contribution >= 4 is 17.2 Å². The Bertz CT molecular complexity index is 372. The summed E-state index contributed by atoms with van der Waals surface area (Å²) >= 11 is 1.75. The molecule has 0 spiro atoms. The molecule has 2 heterocycles. The Morgan fingerprint density at radius 3 is 2.89 bits per heavy atom. The van der Waals surface area contributed by atoms with Gasteiger partial charge in [0.25, 0.3) is 0 Å². The van der Waals surface area contributed by atoms with Crippen LogP contribution in [0.5, 0.6) is 0 Å². The van der Waals surface area contributed by atoms with E-state index in [9.17, 15) is 4.79 Å². The van der Waals surface area contributed by atoms with Crippen molar-refractivity contribution in [1.29, 1.82) is 0 Å². The van der Waals surface area contributed by atoms with Gasteiger partial charge in [-0.25, -0.2) is 0 Å². The van der Waals surface area contributed by atoms with Crippen molar-refractivity contribution in [3.05, 3.63) is 22.4 Å². The van der Waals surface area contributed by atoms with Crippen molar-refractivity contribution in [2.75, 3.05) is 32.8 Å². The molecule has 108 valence electrons. The maximum absolute atomic E-state index is 11.4. The van der Waals surface area contributed by atoms with Crippen LogP contribution in [0.2, 0.25) is 0 Å². The number of halogens is 1. The molecule has 4 nitrogen and oxygen atoms in total. The molecule has 1 amide bonds. The van der Waals surface area contributed by atoms with Crippen molar-refractivity contribution in [1.82, 2.24) is 10.2 Å². The van der Waals surface area contributed by atoms with E-state index in [1.807, 2.05) is 6.92 Å². The van der Waals surface area contributed by atoms with Gasteiger partial charge in [-0.3, -0.25) is 9.69 Å². The van der Waals surface area contributed by atoms with Gasteiger partial charge in [0.2, 0.25) is 5.91 Å². The summed E-state index contributed by atoms with van der Waals surface area (Å²) in [6.45, 7) is 6.00. The van der Waals surface area contributed by atoms with Gasteiger partial charge in [0.1, 0.15) is 0 Å². The van der Waals surface area contributed by atoms with E-state index in [4.69, 9.17) is 4.74 Å². The fourth-order valence-electron chi connectivity index (χ4n) is 2.12. The average molecular weight is 305 g/mol. The summed E-state index contributed by atoms with van der Waals surface area (Å²) in [6.07, 6.45) is 0.542. The lowest BCUT2D eigenvalue weighted by Gasteiger charge is -2.34. The number of morpholine rings is 1. The van der Waals surface area contributed by atoms with Crippen molar-refractivity contribution < 1.29 is 23.4 Å². The van der Waals surface area contributed by atoms with E-state index < -0.39 is 0 Å². The van der Waals surface area contributed by atoms with Crippen LogP contribution in [0.25, 0.3) is 0 Å². The van der Waals surface area contributed by atoms with E-state index in [0.717, 1.165) is 26.3 Å². The van der Waals surface area contributed by atoms with Crippen LogP contribution in [0.1, 0.15) is 25.7 Å². The Morgan fingerprint density at radius 1 is 1.58 bits per heavy atom. The van der Waals surface area contributed by atoms with Gasteiger partial charge in [0.05, 0.1) is 19.3 Å². The minimum absolute atomic E-state index is 0. The minimum atomic E-state index is 0. The van der Waals surface area contributed by atoms with Crippen LogP contribution in [0.3, 0.4) is 0 Å². The molecular weight excluding hydrogens is 284 g/mol. The van der Waals surface area contributed by atoms with Crippen molar-refractivity contribution in [2.45, 2.75) is 19.4 Å². The third-order valence-corrected chi connectivity index (χ3v) is 4.15. The first-order chi connectivity index (χ1) is 8.81. The molecule has 2 rings (SSSR count). The largest absolute Gasteiger partial charge is 1.00 e. The van der Waals surface area contributed by atoms with Gasteiger partial charge in [0, 0.05) is 30.9 Å². The molecule has 1 aliphatic rings. The molecule has 6 heteroatoms. The lowest BCUT2D eigenvalue weighted by Crippen LogP contribution is -3.00. The third-order valence-electron chi connectivity index (χ3n) is 3.17. The second-order valence-electron chi connectivity index (χ2n) is 4.34. The number of nitrogens with zero attached hydrogens (tertiary/aromatic N) is 1. The Labute approximate surface area is 126 Å². The van der Waals surface area contributed by atoms with Crippen molar-refractivity contribution in [3.63, 3.8) is 0 Å². The van der Waals surface area contributed by atoms with Crippen LogP contribution in [-0.2, 0) is 9.53 Å². The number of ether oxygens (including phenoxy) is 1. The Balaban J connectivity index is 0.00000180. The van der Waals surface area contributed by atoms with Gasteiger partial charge in [-0.05, 0) is 11.4 Å². The molecule has 1 N–H and O–H groups in total. The van der Waals surface area contributed by atoms with E-state index in [2.05, 4.69) is 27.7 Å². The van der Waals surface area contributed by atoms with Gasteiger partial charge in [-0.15, -0.1) is 11.3 Å². The molecule has 1 atom stereocenters. The number of thiophene rings is 1. The molecule has 19 heavy (non-hydrogen) atoms. The quantitative estimate of drug-likeness (QED) is 0.740. The van der Waals surface area contributed by atoms with E-state index in [0.29, 0.717) is 13.0 Å². The molecule has 1 aromatic rings. The molecular formula is C13H21ClN2O2S. The van der Waals surface area contributed by atoms with Crippen molar-refractivity contribution in [3.8, 4) is 0 Å². The number of hydrogen-bond donors (Lipinski definition) is 1. The summed E-state index contributed by atoms with van der Waals surface area (Å²) in [5.41, 5.74) is 0. The number of hydrogen-bond acceptors (Lipinski definition) is 4. The maximum atomic E-state index is 11.4. The first kappa shape index (κ1) is 16.4. The van der Waals surface area contributed by atoms with E-state index >= 15 is 0 Å². The number of nitrogens with one attached hydrogen (secondary N) is 1. The Kier molecular flexibility index (Phi) is 7.38. The highest BCUT2D eigenvalue weighted by molar-refractivity contribution is 7.10. The molecule has 1 saturated heterocycles. The lowest BCUT2D eigenvalue weighted by atomic mass is 10.2. The topological polar surface area (TPSA) is 41.6 Å². The summed E-state index contributed by atoms with van der Waals surface area (Å²) < 4.78 is 5.39. The van der Waals surface area contributed by atoms with Gasteiger partial charge in [-0.2, -0.15) is 0 Å². The molecule has 0 saturated carbocycles. The van der Waals surface area contributed by atoms with Crippen LogP contribution in [-0.4, -0.2) is 43.7 Å². The average Bonchev–Trinajstić information content (AvgIpc) is 2.94. The standard InChI is InChI=1S/C13H20N2O2S.ClH/c1-2-13(16)14-10-11(12-4-3-9-18-12)15-5-7-17-8-6-15;/h3-4,9,11H,2,5-8,10H2,1H3,(H,14,16);1H. The van der Waals surface area contributed by atoms with Gasteiger partial charge < -0.3 is 22.5 Å². The van der Waals surface area contributed by atoms with E-state index in [1.165, 1.54) is 4.88 Å². The highest BCUT2D eigenvalue weighted by atomic mass is 35.5. The second kappa shape index (κ2) is 8.53. The summed E-state index contributed by atoms with van der Waals surface area (Å²) in [6, 6.07) is 4.49. The molecule has 1 fully saturated rings. The highest BCUT2D eigenvalue weighted by Gasteiger charge is 2.23. The first-order valence-electron chi connectivity index (χ1n) is 6.43. The van der Waals surface area contributed by atoms with Crippen molar-refractivity contribution in [2.24, 2.45) is 0 Å². The van der Waals surface area contributed by atoms with Gasteiger partial charge in [-0.1, -0.05) is 13.0 Å². The number of carbonyl (C=O) groups is 1. The summed E-state index contributed by atoms with van der Waals surface area (Å²) in [5.74, 6) is 0.116. The smallest absolute Gasteiger partial charge is 1.00 e. The lowest BCUT2D eigenvalue weighted by molar-refractivity contribution is -0.121. The molecule has 0 aromatic carbocycles. The normalized spacial score (nSPS) is 17.5. The maximum Gasteiger partial charge on any atom is 1.00 e. The van der Waals surface area contributed by atoms with Crippen LogP contribution < -0.4 is 17.7 Å². The summed E-state index contributed by atoms with van der Waals surface area (Å²) in [7, 11) is 0. The molecule has 1 aromatic heterocycles. The number of rotatable bonds is 5. The first-order valence-corrected chi connectivity index (χ1v) is 7.31. The monoisotopic (exact) mass is 304 g/mol. The Morgan fingerprint density at radius 2 is 2.32 bits per heavy atom. The molecule has 1 unspecified atom stereocenters. The SMILES string of the molecule is CCC(=O)NCC(c1cccs1)N1CCOCC1.[Cl-].[H+]. The zero-order chi connectivity index (χ0) is 12.8. The molecule has 0 aliphatic carbocycles. The van der Waals surface area contributed by atoms with E-state index in [-0.39, 0.29) is 25.8 Å². The summed E-state index contributed by atoms with van der Waals surface area (Å²) in [5, 5.41) is 5.09. The molecule has 1 aliphatic heterocycles. The Hall–Kier alpha value is -0.620. The van der Waals surface area contributed by atoms with Crippen LogP contribution in [0, 0.1) is 0 Å². The zero-order valence-corrected chi connectivity index (χ0v) is 12.7. The fourth-order valence-corrected chi connectivity index (χ4v) is 2.98. The second-order valence-corrected chi connectivity index (χ2v) is 5.32.